The lowest BCUT2D eigenvalue weighted by molar-refractivity contribution is 0.618. The van der Waals surface area contributed by atoms with Crippen molar-refractivity contribution < 1.29 is 4.39 Å². The van der Waals surface area contributed by atoms with Crippen LogP contribution in [0.3, 0.4) is 0 Å². The lowest BCUT2D eigenvalue weighted by Crippen LogP contribution is -2.37. The van der Waals surface area contributed by atoms with E-state index in [9.17, 15) is 14.0 Å². The minimum atomic E-state index is -0.503. The van der Waals surface area contributed by atoms with Gasteiger partial charge in [0.05, 0.1) is 17.4 Å². The summed E-state index contributed by atoms with van der Waals surface area (Å²) in [7, 11) is 2.97. The number of imidazole rings is 1. The van der Waals surface area contributed by atoms with Gasteiger partial charge in [0.1, 0.15) is 5.82 Å². The largest absolute Gasteiger partial charge is 0.332 e. The van der Waals surface area contributed by atoms with Gasteiger partial charge < -0.3 is 4.57 Å². The summed E-state index contributed by atoms with van der Waals surface area (Å²) in [6.07, 6.45) is 1.49. The average molecular weight is 337 g/mol. The molecule has 3 aromatic rings. The van der Waals surface area contributed by atoms with E-state index in [2.05, 4.69) is 4.98 Å². The number of fused-ring (bicyclic) bond motifs is 1. The van der Waals surface area contributed by atoms with Crippen molar-refractivity contribution in [2.75, 3.05) is 0 Å². The first-order valence-electron chi connectivity index (χ1n) is 6.90. The number of hydrogen-bond donors (Lipinski definition) is 0. The van der Waals surface area contributed by atoms with Gasteiger partial charge in [-0.3, -0.25) is 13.9 Å². The van der Waals surface area contributed by atoms with Gasteiger partial charge >= 0.3 is 5.69 Å². The highest BCUT2D eigenvalue weighted by atomic mass is 35.5. The Balaban J connectivity index is 2.26. The van der Waals surface area contributed by atoms with Gasteiger partial charge in [0.15, 0.2) is 11.2 Å². The fourth-order valence-electron chi connectivity index (χ4n) is 2.59. The van der Waals surface area contributed by atoms with Gasteiger partial charge in [0, 0.05) is 14.1 Å². The normalized spacial score (nSPS) is 12.7. The molecule has 2 heterocycles. The summed E-state index contributed by atoms with van der Waals surface area (Å²) < 4.78 is 17.3. The first-order chi connectivity index (χ1) is 10.8. The summed E-state index contributed by atoms with van der Waals surface area (Å²) in [5.74, 6) is -0.503. The molecule has 1 aromatic carbocycles. The Morgan fingerprint density at radius 3 is 2.57 bits per heavy atom. The molecule has 0 fully saturated rings. The zero-order chi connectivity index (χ0) is 16.9. The molecular weight excluding hydrogens is 323 g/mol. The molecule has 3 rings (SSSR count). The van der Waals surface area contributed by atoms with Crippen LogP contribution in [0.4, 0.5) is 4.39 Å². The van der Waals surface area contributed by atoms with Crippen LogP contribution in [0.5, 0.6) is 0 Å². The Labute approximate surface area is 135 Å². The number of benzene rings is 1. The van der Waals surface area contributed by atoms with E-state index in [4.69, 9.17) is 11.6 Å². The van der Waals surface area contributed by atoms with Crippen molar-refractivity contribution in [2.24, 2.45) is 14.1 Å². The molecule has 23 heavy (non-hydrogen) atoms. The number of hydrogen-bond acceptors (Lipinski definition) is 3. The molecule has 0 aliphatic rings. The van der Waals surface area contributed by atoms with Crippen LogP contribution in [0, 0.1) is 5.82 Å². The van der Waals surface area contributed by atoms with Crippen LogP contribution in [0.15, 0.2) is 34.1 Å². The van der Waals surface area contributed by atoms with E-state index in [1.165, 1.54) is 30.1 Å². The van der Waals surface area contributed by atoms with Crippen molar-refractivity contribution in [3.05, 3.63) is 61.8 Å². The SMILES string of the molecule is CC(c1ccc(F)c(Cl)c1)n1cnc2c1c(=O)n(C)c(=O)n2C. The van der Waals surface area contributed by atoms with Crippen LogP contribution >= 0.6 is 11.6 Å². The molecule has 0 N–H and O–H groups in total. The fourth-order valence-corrected chi connectivity index (χ4v) is 2.78. The van der Waals surface area contributed by atoms with E-state index in [0.717, 1.165) is 10.1 Å². The maximum Gasteiger partial charge on any atom is 0.332 e. The van der Waals surface area contributed by atoms with Gasteiger partial charge in [-0.15, -0.1) is 0 Å². The van der Waals surface area contributed by atoms with Crippen molar-refractivity contribution in [1.29, 1.82) is 0 Å². The van der Waals surface area contributed by atoms with Gasteiger partial charge in [-0.05, 0) is 24.6 Å². The molecule has 0 saturated heterocycles. The molecule has 1 atom stereocenters. The molecule has 120 valence electrons. The topological polar surface area (TPSA) is 61.8 Å². The Kier molecular flexibility index (Phi) is 3.60. The highest BCUT2D eigenvalue weighted by molar-refractivity contribution is 6.30. The van der Waals surface area contributed by atoms with E-state index < -0.39 is 17.1 Å². The number of rotatable bonds is 2. The number of halogens is 2. The number of aromatic nitrogens is 4. The van der Waals surface area contributed by atoms with Crippen molar-refractivity contribution >= 4 is 22.8 Å². The fraction of sp³-hybridized carbons (Fsp3) is 0.267. The smallest absolute Gasteiger partial charge is 0.317 e. The van der Waals surface area contributed by atoms with E-state index >= 15 is 0 Å². The molecule has 0 amide bonds. The Hall–Kier alpha value is -2.41. The second-order valence-electron chi connectivity index (χ2n) is 5.38. The Morgan fingerprint density at radius 1 is 1.22 bits per heavy atom. The number of nitrogens with zero attached hydrogens (tertiary/aromatic N) is 4. The van der Waals surface area contributed by atoms with Crippen LogP contribution in [0.2, 0.25) is 5.02 Å². The quantitative estimate of drug-likeness (QED) is 0.717. The highest BCUT2D eigenvalue weighted by Crippen LogP contribution is 2.25. The summed E-state index contributed by atoms with van der Waals surface area (Å²) in [4.78, 5) is 28.6. The van der Waals surface area contributed by atoms with Crippen LogP contribution in [-0.4, -0.2) is 18.7 Å². The first kappa shape index (κ1) is 15.5. The second-order valence-corrected chi connectivity index (χ2v) is 5.79. The molecule has 0 aliphatic carbocycles. The Bertz CT molecular complexity index is 1030. The molecular formula is C15H14ClFN4O2. The van der Waals surface area contributed by atoms with Crippen molar-refractivity contribution in [2.45, 2.75) is 13.0 Å². The molecule has 2 aromatic heterocycles. The van der Waals surface area contributed by atoms with E-state index in [0.29, 0.717) is 11.2 Å². The zero-order valence-electron chi connectivity index (χ0n) is 12.7. The van der Waals surface area contributed by atoms with E-state index in [1.54, 1.807) is 17.7 Å². The maximum atomic E-state index is 13.3. The van der Waals surface area contributed by atoms with Crippen molar-refractivity contribution in [3.8, 4) is 0 Å². The molecule has 0 aliphatic heterocycles. The molecule has 0 spiro atoms. The molecule has 1 unspecified atom stereocenters. The van der Waals surface area contributed by atoms with Gasteiger partial charge in [0.25, 0.3) is 5.56 Å². The van der Waals surface area contributed by atoms with Crippen molar-refractivity contribution in [1.82, 2.24) is 18.7 Å². The van der Waals surface area contributed by atoms with Crippen LogP contribution in [0.25, 0.3) is 11.2 Å². The van der Waals surface area contributed by atoms with Crippen LogP contribution in [0.1, 0.15) is 18.5 Å². The minimum absolute atomic E-state index is 0.0130. The third kappa shape index (κ3) is 2.28. The highest BCUT2D eigenvalue weighted by Gasteiger charge is 2.19. The lowest BCUT2D eigenvalue weighted by atomic mass is 10.1. The average Bonchev–Trinajstić information content (AvgIpc) is 2.97. The first-order valence-corrected chi connectivity index (χ1v) is 7.28. The van der Waals surface area contributed by atoms with Crippen molar-refractivity contribution in [3.63, 3.8) is 0 Å². The van der Waals surface area contributed by atoms with Gasteiger partial charge in [0.2, 0.25) is 0 Å². The summed E-state index contributed by atoms with van der Waals surface area (Å²) in [5.41, 5.74) is 0.471. The van der Waals surface area contributed by atoms with Gasteiger partial charge in [-0.2, -0.15) is 0 Å². The van der Waals surface area contributed by atoms with Crippen LogP contribution < -0.4 is 11.2 Å². The molecule has 6 nitrogen and oxygen atoms in total. The standard InChI is InChI=1S/C15H14ClFN4O2/c1-8(9-4-5-11(17)10(16)6-9)21-7-18-13-12(21)14(22)20(3)15(23)19(13)2/h4-8H,1-3H3. The van der Waals surface area contributed by atoms with Crippen LogP contribution in [-0.2, 0) is 14.1 Å². The van der Waals surface area contributed by atoms with Gasteiger partial charge in [-0.1, -0.05) is 17.7 Å². The summed E-state index contributed by atoms with van der Waals surface area (Å²) in [5, 5.41) is 0.0130. The molecule has 8 heteroatoms. The molecule has 0 bridgehead atoms. The minimum Gasteiger partial charge on any atom is -0.317 e. The summed E-state index contributed by atoms with van der Waals surface area (Å²) in [6.45, 7) is 1.84. The number of aryl methyl sites for hydroxylation is 1. The van der Waals surface area contributed by atoms with E-state index in [1.807, 2.05) is 6.92 Å². The monoisotopic (exact) mass is 336 g/mol. The zero-order valence-corrected chi connectivity index (χ0v) is 13.5. The third-order valence-electron chi connectivity index (χ3n) is 4.02. The predicted molar refractivity (Wildman–Crippen MR) is 85.4 cm³/mol. The molecule has 0 saturated carbocycles. The Morgan fingerprint density at radius 2 is 1.91 bits per heavy atom. The third-order valence-corrected chi connectivity index (χ3v) is 4.31. The van der Waals surface area contributed by atoms with Gasteiger partial charge in [-0.25, -0.2) is 14.2 Å². The molecule has 0 radical (unpaired) electrons. The lowest BCUT2D eigenvalue weighted by Gasteiger charge is -2.15. The summed E-state index contributed by atoms with van der Waals surface area (Å²) >= 11 is 5.83. The predicted octanol–water partition coefficient (Wildman–Crippen LogP) is 1.84. The van der Waals surface area contributed by atoms with E-state index in [-0.39, 0.29) is 11.1 Å². The second kappa shape index (κ2) is 5.34. The summed E-state index contributed by atoms with van der Waals surface area (Å²) in [6, 6.07) is 4.09. The maximum absolute atomic E-state index is 13.3.